The summed E-state index contributed by atoms with van der Waals surface area (Å²) in [7, 11) is 0. The van der Waals surface area contributed by atoms with Crippen LogP contribution in [0.3, 0.4) is 0 Å². The van der Waals surface area contributed by atoms with Gasteiger partial charge in [0, 0.05) is 0 Å². The minimum Gasteiger partial charge on any atom is -0.494 e. The summed E-state index contributed by atoms with van der Waals surface area (Å²) in [6, 6.07) is 16.6. The average Bonchev–Trinajstić information content (AvgIpc) is 2.85. The quantitative estimate of drug-likeness (QED) is 0.340. The molecule has 1 atom stereocenters. The summed E-state index contributed by atoms with van der Waals surface area (Å²) in [5, 5.41) is 0. The Morgan fingerprint density at radius 2 is 1.44 bits per heavy atom. The summed E-state index contributed by atoms with van der Waals surface area (Å²) >= 11 is 0. The van der Waals surface area contributed by atoms with Gasteiger partial charge in [-0.1, -0.05) is 76.3 Å². The molecule has 174 valence electrons. The van der Waals surface area contributed by atoms with Gasteiger partial charge in [0.2, 0.25) is 0 Å². The lowest BCUT2D eigenvalue weighted by molar-refractivity contribution is 0.303. The van der Waals surface area contributed by atoms with Crippen LogP contribution in [-0.4, -0.2) is 6.61 Å². The monoisotopic (exact) mass is 432 g/mol. The fraction of sp³-hybridized carbons (Fsp3) is 0.613. The zero-order valence-corrected chi connectivity index (χ0v) is 20.6. The fourth-order valence-electron chi connectivity index (χ4n) is 5.95. The largest absolute Gasteiger partial charge is 0.494 e. The molecule has 0 aromatic heterocycles. The maximum Gasteiger partial charge on any atom is 0.119 e. The Balaban J connectivity index is 1.29. The average molecular weight is 433 g/mol. The lowest BCUT2D eigenvalue weighted by Crippen LogP contribution is -2.14. The summed E-state index contributed by atoms with van der Waals surface area (Å²) in [5.41, 5.74) is 6.15. The van der Waals surface area contributed by atoms with E-state index >= 15 is 0 Å². The first-order valence-corrected chi connectivity index (χ1v) is 13.6. The molecule has 4 rings (SSSR count). The highest BCUT2D eigenvalue weighted by Crippen LogP contribution is 2.39. The van der Waals surface area contributed by atoms with Gasteiger partial charge in [-0.2, -0.15) is 0 Å². The molecule has 1 saturated carbocycles. The van der Waals surface area contributed by atoms with Crippen molar-refractivity contribution >= 4 is 0 Å². The molecule has 2 aromatic carbocycles. The van der Waals surface area contributed by atoms with Crippen LogP contribution in [-0.2, 0) is 12.8 Å². The van der Waals surface area contributed by atoms with E-state index in [4.69, 9.17) is 4.74 Å². The van der Waals surface area contributed by atoms with Crippen LogP contribution in [0.5, 0.6) is 5.75 Å². The van der Waals surface area contributed by atoms with Crippen molar-refractivity contribution in [3.8, 4) is 5.75 Å². The molecule has 0 heterocycles. The van der Waals surface area contributed by atoms with Gasteiger partial charge in [-0.15, -0.1) is 0 Å². The molecule has 32 heavy (non-hydrogen) atoms. The van der Waals surface area contributed by atoms with E-state index < -0.39 is 0 Å². The highest BCUT2D eigenvalue weighted by Gasteiger charge is 2.24. The molecular formula is C31H44O. The van der Waals surface area contributed by atoms with E-state index in [0.29, 0.717) is 5.92 Å². The Kier molecular flexibility index (Phi) is 8.71. The third kappa shape index (κ3) is 6.18. The van der Waals surface area contributed by atoms with Crippen LogP contribution in [0.1, 0.15) is 119 Å². The molecule has 0 bridgehead atoms. The van der Waals surface area contributed by atoms with Gasteiger partial charge >= 0.3 is 0 Å². The Labute approximate surface area is 197 Å². The summed E-state index contributed by atoms with van der Waals surface area (Å²) < 4.78 is 5.93. The van der Waals surface area contributed by atoms with E-state index in [1.165, 1.54) is 93.7 Å². The van der Waals surface area contributed by atoms with Crippen LogP contribution < -0.4 is 4.74 Å². The minimum atomic E-state index is 0.665. The van der Waals surface area contributed by atoms with Gasteiger partial charge in [-0.3, -0.25) is 0 Å². The van der Waals surface area contributed by atoms with E-state index in [2.05, 4.69) is 56.3 Å². The summed E-state index contributed by atoms with van der Waals surface area (Å²) in [6.45, 7) is 5.36. The van der Waals surface area contributed by atoms with Gasteiger partial charge in [0.05, 0.1) is 6.61 Å². The third-order valence-electron chi connectivity index (χ3n) is 8.11. The first-order valence-electron chi connectivity index (χ1n) is 13.6. The van der Waals surface area contributed by atoms with Crippen molar-refractivity contribution < 1.29 is 4.74 Å². The van der Waals surface area contributed by atoms with Gasteiger partial charge in [0.1, 0.15) is 5.75 Å². The highest BCUT2D eigenvalue weighted by atomic mass is 16.5. The topological polar surface area (TPSA) is 9.23 Å². The van der Waals surface area contributed by atoms with Crippen LogP contribution in [0.25, 0.3) is 0 Å². The second kappa shape index (κ2) is 11.9. The Bertz CT molecular complexity index is 813. The van der Waals surface area contributed by atoms with Crippen molar-refractivity contribution in [1.29, 1.82) is 0 Å². The molecule has 1 unspecified atom stereocenters. The van der Waals surface area contributed by atoms with Gasteiger partial charge in [-0.25, -0.2) is 0 Å². The summed E-state index contributed by atoms with van der Waals surface area (Å²) in [5.74, 6) is 3.51. The van der Waals surface area contributed by atoms with Crippen molar-refractivity contribution in [3.63, 3.8) is 0 Å². The first-order chi connectivity index (χ1) is 15.8. The number of aryl methyl sites for hydroxylation is 1. The molecule has 0 saturated heterocycles. The number of ether oxygens (including phenoxy) is 1. The van der Waals surface area contributed by atoms with Crippen LogP contribution in [0.4, 0.5) is 0 Å². The van der Waals surface area contributed by atoms with Crippen LogP contribution in [0.15, 0.2) is 42.5 Å². The van der Waals surface area contributed by atoms with E-state index in [1.54, 1.807) is 5.56 Å². The van der Waals surface area contributed by atoms with Crippen LogP contribution in [0, 0.1) is 5.92 Å². The normalized spacial score (nSPS) is 23.0. The predicted molar refractivity (Wildman–Crippen MR) is 137 cm³/mol. The zero-order valence-electron chi connectivity index (χ0n) is 20.6. The van der Waals surface area contributed by atoms with E-state index in [9.17, 15) is 0 Å². The fourth-order valence-corrected chi connectivity index (χ4v) is 5.95. The zero-order chi connectivity index (χ0) is 22.2. The Hall–Kier alpha value is -1.76. The van der Waals surface area contributed by atoms with E-state index in [0.717, 1.165) is 30.6 Å². The molecule has 2 aliphatic rings. The summed E-state index contributed by atoms with van der Waals surface area (Å²) in [4.78, 5) is 0. The second-order valence-electron chi connectivity index (χ2n) is 10.5. The first kappa shape index (κ1) is 23.4. The summed E-state index contributed by atoms with van der Waals surface area (Å²) in [6.07, 6.45) is 17.3. The lowest BCUT2D eigenvalue weighted by atomic mass is 9.76. The number of unbranched alkanes of at least 4 members (excludes halogenated alkanes) is 3. The van der Waals surface area contributed by atoms with Gasteiger partial charge in [0.25, 0.3) is 0 Å². The van der Waals surface area contributed by atoms with Gasteiger partial charge < -0.3 is 4.74 Å². The number of hydrogen-bond donors (Lipinski definition) is 0. The van der Waals surface area contributed by atoms with Crippen LogP contribution >= 0.6 is 0 Å². The van der Waals surface area contributed by atoms with Crippen LogP contribution in [0.2, 0.25) is 0 Å². The minimum absolute atomic E-state index is 0.665. The molecule has 1 fully saturated rings. The van der Waals surface area contributed by atoms with Crippen molar-refractivity contribution in [1.82, 2.24) is 0 Å². The number of rotatable bonds is 10. The third-order valence-corrected chi connectivity index (χ3v) is 8.11. The molecule has 2 aromatic rings. The SMILES string of the molecule is CCCCCC1CCC(c2ccc(C3CCc4cc(OCCCC)ccc4C3)cc2)CC1. The highest BCUT2D eigenvalue weighted by molar-refractivity contribution is 5.40. The second-order valence-corrected chi connectivity index (χ2v) is 10.5. The van der Waals surface area contributed by atoms with Gasteiger partial charge in [0.15, 0.2) is 0 Å². The predicted octanol–water partition coefficient (Wildman–Crippen LogP) is 8.99. The molecule has 0 radical (unpaired) electrons. The molecule has 0 N–H and O–H groups in total. The van der Waals surface area contributed by atoms with E-state index in [1.807, 2.05) is 0 Å². The van der Waals surface area contributed by atoms with E-state index in [-0.39, 0.29) is 0 Å². The maximum atomic E-state index is 5.93. The van der Waals surface area contributed by atoms with Crippen molar-refractivity contribution in [2.24, 2.45) is 5.92 Å². The number of hydrogen-bond acceptors (Lipinski definition) is 1. The molecule has 2 aliphatic carbocycles. The molecule has 0 aliphatic heterocycles. The molecule has 1 nitrogen and oxygen atoms in total. The van der Waals surface area contributed by atoms with Crippen molar-refractivity contribution in [2.45, 2.75) is 109 Å². The number of fused-ring (bicyclic) bond motifs is 1. The lowest BCUT2D eigenvalue weighted by Gasteiger charge is -2.29. The standard InChI is InChI=1S/C31H44O/c1-3-5-7-8-24-9-11-25(12-10-24)26-13-15-27(16-14-26)28-17-18-30-23-31(32-21-6-4-2)20-19-29(30)22-28/h13-16,19-20,23-25,28H,3-12,17-18,21-22H2,1-2H3. The molecule has 0 spiro atoms. The smallest absolute Gasteiger partial charge is 0.119 e. The Morgan fingerprint density at radius 1 is 0.719 bits per heavy atom. The van der Waals surface area contributed by atoms with Crippen molar-refractivity contribution in [2.75, 3.05) is 6.61 Å². The number of benzene rings is 2. The molecular weight excluding hydrogens is 388 g/mol. The molecule has 0 amide bonds. The van der Waals surface area contributed by atoms with Crippen molar-refractivity contribution in [3.05, 3.63) is 64.7 Å². The molecule has 1 heteroatoms. The van der Waals surface area contributed by atoms with Gasteiger partial charge in [-0.05, 0) is 104 Å². The maximum absolute atomic E-state index is 5.93. The Morgan fingerprint density at radius 3 is 2.16 bits per heavy atom.